The first kappa shape index (κ1) is 33.5. The molecule has 0 N–H and O–H groups in total. The molecule has 0 amide bonds. The van der Waals surface area contributed by atoms with Gasteiger partial charge in [-0.05, 0) is 123 Å². The minimum Gasteiger partial charge on any atom is -0.456 e. The topological polar surface area (TPSA) is 21.3 Å². The Morgan fingerprint density at radius 2 is 1.02 bits per heavy atom. The van der Waals surface area contributed by atoms with Crippen molar-refractivity contribution < 1.29 is 4.42 Å². The summed E-state index contributed by atoms with van der Waals surface area (Å²) < 4.78 is 8.87. The molecule has 0 radical (unpaired) electrons. The predicted molar refractivity (Wildman–Crippen MR) is 250 cm³/mol. The van der Waals surface area contributed by atoms with Crippen molar-refractivity contribution >= 4 is 93.6 Å². The summed E-state index contributed by atoms with van der Waals surface area (Å²) >= 11 is 0. The van der Waals surface area contributed by atoms with Crippen molar-refractivity contribution in [3.05, 3.63) is 212 Å². The Hall–Kier alpha value is -7.62. The molecule has 3 nitrogen and oxygen atoms in total. The fourth-order valence-electron chi connectivity index (χ4n) is 9.41. The van der Waals surface area contributed by atoms with Crippen LogP contribution in [-0.4, -0.2) is 4.57 Å². The summed E-state index contributed by atoms with van der Waals surface area (Å²) in [6.45, 7) is 0. The highest BCUT2D eigenvalue weighted by Crippen LogP contribution is 2.42. The van der Waals surface area contributed by atoms with Crippen molar-refractivity contribution in [3.63, 3.8) is 0 Å². The molecule has 0 saturated carbocycles. The number of rotatable bonds is 6. The number of hydrogen-bond donors (Lipinski definition) is 0. The molecular weight excluding hydrogens is 717 g/mol. The van der Waals surface area contributed by atoms with Crippen molar-refractivity contribution in [2.45, 2.75) is 12.8 Å². The van der Waals surface area contributed by atoms with E-state index in [4.69, 9.17) is 4.42 Å². The van der Waals surface area contributed by atoms with Crippen molar-refractivity contribution in [2.24, 2.45) is 0 Å². The quantitative estimate of drug-likeness (QED) is 0.169. The molecule has 0 saturated heterocycles. The Morgan fingerprint density at radius 1 is 0.390 bits per heavy atom. The maximum absolute atomic E-state index is 6.39. The van der Waals surface area contributed by atoms with Crippen LogP contribution in [0.4, 0.5) is 17.1 Å². The number of nitrogens with zero attached hydrogens (tertiary/aromatic N) is 2. The second-order valence-corrected chi connectivity index (χ2v) is 15.7. The van der Waals surface area contributed by atoms with E-state index in [0.29, 0.717) is 0 Å². The average Bonchev–Trinajstić information content (AvgIpc) is 3.83. The molecule has 1 aliphatic carbocycles. The number of allylic oxidation sites excluding steroid dienone is 4. The largest absolute Gasteiger partial charge is 0.456 e. The van der Waals surface area contributed by atoms with Gasteiger partial charge in [-0.1, -0.05) is 133 Å². The Bertz CT molecular complexity index is 3480. The van der Waals surface area contributed by atoms with E-state index in [0.717, 1.165) is 51.8 Å². The van der Waals surface area contributed by atoms with Gasteiger partial charge in [0.1, 0.15) is 11.2 Å². The van der Waals surface area contributed by atoms with E-state index in [2.05, 4.69) is 204 Å². The summed E-state index contributed by atoms with van der Waals surface area (Å²) in [4.78, 5) is 2.34. The molecule has 0 fully saturated rings. The Balaban J connectivity index is 0.918. The van der Waals surface area contributed by atoms with Gasteiger partial charge in [-0.15, -0.1) is 0 Å². The Kier molecular flexibility index (Phi) is 7.67. The van der Waals surface area contributed by atoms with Gasteiger partial charge in [0, 0.05) is 50.4 Å². The molecule has 11 aromatic rings. The highest BCUT2D eigenvalue weighted by Gasteiger charge is 2.19. The van der Waals surface area contributed by atoms with E-state index in [1.807, 2.05) is 12.1 Å². The van der Waals surface area contributed by atoms with Crippen LogP contribution < -0.4 is 4.90 Å². The molecule has 0 atom stereocenters. The summed E-state index contributed by atoms with van der Waals surface area (Å²) in [6, 6.07) is 70.3. The van der Waals surface area contributed by atoms with Gasteiger partial charge in [0.25, 0.3) is 0 Å². The van der Waals surface area contributed by atoms with Gasteiger partial charge in [-0.3, -0.25) is 0 Å². The lowest BCUT2D eigenvalue weighted by Gasteiger charge is -2.26. The van der Waals surface area contributed by atoms with Gasteiger partial charge in [0.05, 0.1) is 11.0 Å². The first-order chi connectivity index (χ1) is 29.2. The second kappa shape index (κ2) is 13.5. The molecule has 2 heterocycles. The molecule has 1 aliphatic rings. The van der Waals surface area contributed by atoms with E-state index in [9.17, 15) is 0 Å². The SMILES string of the molecule is C1=C(c2ccc(N(c3ccc(-c4cccc5ccccc45)cc3)c3ccc4c(c3)oc3ccccc34)cc2)CCC(n2c3ccccc3c3cc4ccccc4cc32)=C1. The van der Waals surface area contributed by atoms with Crippen molar-refractivity contribution in [3.8, 4) is 11.1 Å². The highest BCUT2D eigenvalue weighted by atomic mass is 16.3. The molecule has 59 heavy (non-hydrogen) atoms. The number of aromatic nitrogens is 1. The monoisotopic (exact) mass is 754 g/mol. The number of para-hydroxylation sites is 2. The minimum absolute atomic E-state index is 0.879. The van der Waals surface area contributed by atoms with E-state index in [-0.39, 0.29) is 0 Å². The Labute approximate surface area is 342 Å². The van der Waals surface area contributed by atoms with E-state index in [1.54, 1.807) is 0 Å². The highest BCUT2D eigenvalue weighted by molar-refractivity contribution is 6.14. The molecule has 3 heteroatoms. The van der Waals surface area contributed by atoms with Gasteiger partial charge < -0.3 is 13.9 Å². The number of furan rings is 1. The molecule has 0 unspecified atom stereocenters. The fraction of sp³-hybridized carbons (Fsp3) is 0.0357. The van der Waals surface area contributed by atoms with Crippen LogP contribution in [0.15, 0.2) is 211 Å². The summed E-state index contributed by atoms with van der Waals surface area (Å²) in [5.41, 5.74) is 13.9. The molecule has 0 spiro atoms. The van der Waals surface area contributed by atoms with Gasteiger partial charge in [0.15, 0.2) is 0 Å². The molecule has 2 aromatic heterocycles. The van der Waals surface area contributed by atoms with Gasteiger partial charge in [-0.25, -0.2) is 0 Å². The fourth-order valence-corrected chi connectivity index (χ4v) is 9.41. The predicted octanol–water partition coefficient (Wildman–Crippen LogP) is 15.9. The summed E-state index contributed by atoms with van der Waals surface area (Å²) in [6.07, 6.45) is 6.59. The van der Waals surface area contributed by atoms with Crippen LogP contribution in [0, 0.1) is 0 Å². The molecule has 278 valence electrons. The van der Waals surface area contributed by atoms with Gasteiger partial charge in [0.2, 0.25) is 0 Å². The smallest absolute Gasteiger partial charge is 0.137 e. The van der Waals surface area contributed by atoms with E-state index >= 15 is 0 Å². The van der Waals surface area contributed by atoms with Crippen LogP contribution in [0.25, 0.3) is 87.7 Å². The lowest BCUT2D eigenvalue weighted by Crippen LogP contribution is -2.10. The second-order valence-electron chi connectivity index (χ2n) is 15.7. The zero-order valence-electron chi connectivity index (χ0n) is 32.3. The molecular formula is C56H38N2O. The molecule has 0 aliphatic heterocycles. The zero-order valence-corrected chi connectivity index (χ0v) is 32.3. The maximum Gasteiger partial charge on any atom is 0.137 e. The lowest BCUT2D eigenvalue weighted by molar-refractivity contribution is 0.669. The third-order valence-corrected chi connectivity index (χ3v) is 12.3. The van der Waals surface area contributed by atoms with Crippen LogP contribution in [0.2, 0.25) is 0 Å². The number of fused-ring (bicyclic) bond motifs is 8. The van der Waals surface area contributed by atoms with Gasteiger partial charge in [-0.2, -0.15) is 0 Å². The maximum atomic E-state index is 6.39. The first-order valence-corrected chi connectivity index (χ1v) is 20.5. The lowest BCUT2D eigenvalue weighted by atomic mass is 9.95. The zero-order chi connectivity index (χ0) is 38.9. The standard InChI is InChI=1S/C56H38N2O/c1-2-12-42-35-54-52(34-41(42)11-1)49-15-5-7-18-53(49)58(54)45-28-22-38(23-29-45)37-20-26-43(27-21-37)57(46-32-33-51-50-16-6-8-19-55(50)59-56(51)36-46)44-30-24-40(25-31-44)48-17-9-13-39-10-3-4-14-47(39)48/h1-22,24-28,30-36H,23,29H2. The third kappa shape index (κ3) is 5.58. The minimum atomic E-state index is 0.879. The number of anilines is 3. The van der Waals surface area contributed by atoms with Crippen molar-refractivity contribution in [1.82, 2.24) is 4.57 Å². The normalized spacial score (nSPS) is 13.2. The van der Waals surface area contributed by atoms with Crippen molar-refractivity contribution in [1.29, 1.82) is 0 Å². The summed E-state index contributed by atoms with van der Waals surface area (Å²) in [5, 5.41) is 9.90. The molecule has 9 aromatic carbocycles. The average molecular weight is 755 g/mol. The van der Waals surface area contributed by atoms with Crippen LogP contribution in [0.3, 0.4) is 0 Å². The van der Waals surface area contributed by atoms with E-state index < -0.39 is 0 Å². The number of hydrogen-bond acceptors (Lipinski definition) is 2. The first-order valence-electron chi connectivity index (χ1n) is 20.5. The molecule has 12 rings (SSSR count). The number of benzene rings is 9. The molecule has 0 bridgehead atoms. The van der Waals surface area contributed by atoms with Crippen LogP contribution in [0.5, 0.6) is 0 Å². The van der Waals surface area contributed by atoms with Crippen molar-refractivity contribution in [2.75, 3.05) is 4.90 Å². The van der Waals surface area contributed by atoms with Gasteiger partial charge >= 0.3 is 0 Å². The van der Waals surface area contributed by atoms with Crippen LogP contribution in [0.1, 0.15) is 18.4 Å². The van der Waals surface area contributed by atoms with Crippen LogP contribution >= 0.6 is 0 Å². The van der Waals surface area contributed by atoms with Crippen LogP contribution in [-0.2, 0) is 0 Å². The van der Waals surface area contributed by atoms with E-state index in [1.165, 1.54) is 71.3 Å². The summed E-state index contributed by atoms with van der Waals surface area (Å²) in [5.74, 6) is 0. The Morgan fingerprint density at radius 3 is 1.80 bits per heavy atom. The third-order valence-electron chi connectivity index (χ3n) is 12.3. The summed E-state index contributed by atoms with van der Waals surface area (Å²) in [7, 11) is 0.